The van der Waals surface area contributed by atoms with E-state index in [2.05, 4.69) is 5.32 Å². The van der Waals surface area contributed by atoms with Crippen molar-refractivity contribution in [1.29, 1.82) is 0 Å². The first-order valence-corrected chi connectivity index (χ1v) is 6.16. The molecule has 0 aromatic carbocycles. The van der Waals surface area contributed by atoms with Gasteiger partial charge >= 0.3 is 5.97 Å². The summed E-state index contributed by atoms with van der Waals surface area (Å²) in [6.07, 6.45) is 5.58. The van der Waals surface area contributed by atoms with Crippen molar-refractivity contribution in [3.63, 3.8) is 0 Å². The van der Waals surface area contributed by atoms with Crippen LogP contribution in [0, 0.1) is 5.92 Å². The minimum Gasteiger partial charge on any atom is -0.481 e. The van der Waals surface area contributed by atoms with Crippen LogP contribution in [0.15, 0.2) is 11.5 Å². The topological polar surface area (TPSA) is 66.4 Å². The minimum atomic E-state index is -0.813. The molecule has 0 spiro atoms. The molecule has 2 N–H and O–H groups in total. The van der Waals surface area contributed by atoms with E-state index in [1.165, 1.54) is 17.8 Å². The SMILES string of the molecule is CS/C=C/C(=O)NC1CCCC1C(=O)O. The Bertz CT molecular complexity index is 278. The van der Waals surface area contributed by atoms with E-state index in [0.29, 0.717) is 6.42 Å². The lowest BCUT2D eigenvalue weighted by molar-refractivity contribution is -0.142. The second kappa shape index (κ2) is 5.80. The number of carboxylic acids is 1. The second-order valence-electron chi connectivity index (χ2n) is 3.53. The maximum atomic E-state index is 11.3. The standard InChI is InChI=1S/C10H15NO3S/c1-15-6-5-9(12)11-8-4-2-3-7(8)10(13)14/h5-8H,2-4H2,1H3,(H,11,12)(H,13,14)/b6-5+. The third-order valence-corrected chi connectivity index (χ3v) is 2.92. The number of carbonyl (C=O) groups is 2. The predicted octanol–water partition coefficient (Wildman–Crippen LogP) is 1.23. The Labute approximate surface area is 93.1 Å². The molecule has 4 nitrogen and oxygen atoms in total. The van der Waals surface area contributed by atoms with Gasteiger partial charge in [-0.3, -0.25) is 9.59 Å². The van der Waals surface area contributed by atoms with Gasteiger partial charge in [-0.05, 0) is 24.5 Å². The molecule has 0 bridgehead atoms. The average molecular weight is 229 g/mol. The number of amides is 1. The Morgan fingerprint density at radius 2 is 2.20 bits per heavy atom. The number of aliphatic carboxylic acids is 1. The Hall–Kier alpha value is -0.970. The molecule has 1 amide bonds. The zero-order chi connectivity index (χ0) is 11.3. The fourth-order valence-corrected chi connectivity index (χ4v) is 2.05. The largest absolute Gasteiger partial charge is 0.481 e. The molecule has 1 rings (SSSR count). The van der Waals surface area contributed by atoms with Gasteiger partial charge in [0.25, 0.3) is 0 Å². The van der Waals surface area contributed by atoms with Crippen molar-refractivity contribution in [1.82, 2.24) is 5.32 Å². The minimum absolute atomic E-state index is 0.206. The van der Waals surface area contributed by atoms with E-state index < -0.39 is 11.9 Å². The summed E-state index contributed by atoms with van der Waals surface area (Å²) in [7, 11) is 0. The Balaban J connectivity index is 2.47. The van der Waals surface area contributed by atoms with E-state index in [9.17, 15) is 9.59 Å². The Kier molecular flexibility index (Phi) is 4.68. The predicted molar refractivity (Wildman–Crippen MR) is 59.6 cm³/mol. The van der Waals surface area contributed by atoms with Gasteiger partial charge in [0.15, 0.2) is 0 Å². The quantitative estimate of drug-likeness (QED) is 0.712. The molecule has 5 heteroatoms. The molecule has 2 atom stereocenters. The summed E-state index contributed by atoms with van der Waals surface area (Å²) >= 11 is 1.44. The second-order valence-corrected chi connectivity index (χ2v) is 4.27. The lowest BCUT2D eigenvalue weighted by Gasteiger charge is -2.16. The van der Waals surface area contributed by atoms with Crippen LogP contribution in [0.5, 0.6) is 0 Å². The Morgan fingerprint density at radius 3 is 2.80 bits per heavy atom. The molecule has 0 saturated heterocycles. The van der Waals surface area contributed by atoms with Crippen LogP contribution in [0.2, 0.25) is 0 Å². The first kappa shape index (κ1) is 12.1. The fourth-order valence-electron chi connectivity index (χ4n) is 1.79. The molecular formula is C10H15NO3S. The summed E-state index contributed by atoms with van der Waals surface area (Å²) in [5.74, 6) is -1.44. The van der Waals surface area contributed by atoms with Crippen LogP contribution < -0.4 is 5.32 Å². The van der Waals surface area contributed by atoms with Crippen LogP contribution >= 0.6 is 11.8 Å². The summed E-state index contributed by atoms with van der Waals surface area (Å²) in [6, 6.07) is -0.207. The first-order chi connectivity index (χ1) is 7.15. The van der Waals surface area contributed by atoms with E-state index in [1.807, 2.05) is 6.26 Å². The maximum Gasteiger partial charge on any atom is 0.308 e. The molecule has 0 aromatic heterocycles. The lowest BCUT2D eigenvalue weighted by Crippen LogP contribution is -2.39. The molecule has 15 heavy (non-hydrogen) atoms. The van der Waals surface area contributed by atoms with E-state index in [4.69, 9.17) is 5.11 Å². The number of hydrogen-bond donors (Lipinski definition) is 2. The van der Waals surface area contributed by atoms with Crippen molar-refractivity contribution in [2.45, 2.75) is 25.3 Å². The highest BCUT2D eigenvalue weighted by molar-refractivity contribution is 8.01. The van der Waals surface area contributed by atoms with Gasteiger partial charge in [0.05, 0.1) is 5.92 Å². The van der Waals surface area contributed by atoms with Gasteiger partial charge in [0.1, 0.15) is 0 Å². The Morgan fingerprint density at radius 1 is 1.47 bits per heavy atom. The maximum absolute atomic E-state index is 11.3. The summed E-state index contributed by atoms with van der Waals surface area (Å²) in [6.45, 7) is 0. The smallest absolute Gasteiger partial charge is 0.308 e. The molecule has 0 aromatic rings. The van der Waals surface area contributed by atoms with Gasteiger partial charge in [-0.25, -0.2) is 0 Å². The van der Waals surface area contributed by atoms with Gasteiger partial charge in [-0.15, -0.1) is 11.8 Å². The summed E-state index contributed by atoms with van der Waals surface area (Å²) in [5.41, 5.74) is 0. The third-order valence-electron chi connectivity index (χ3n) is 2.52. The van der Waals surface area contributed by atoms with Crippen molar-refractivity contribution in [2.24, 2.45) is 5.92 Å². The number of thioether (sulfide) groups is 1. The highest BCUT2D eigenvalue weighted by Crippen LogP contribution is 2.25. The average Bonchev–Trinajstić information content (AvgIpc) is 2.62. The lowest BCUT2D eigenvalue weighted by atomic mass is 10.0. The summed E-state index contributed by atoms with van der Waals surface area (Å²) < 4.78 is 0. The molecule has 1 saturated carbocycles. The molecule has 2 unspecified atom stereocenters. The van der Waals surface area contributed by atoms with Crippen molar-refractivity contribution >= 4 is 23.6 Å². The van der Waals surface area contributed by atoms with Gasteiger partial charge in [0, 0.05) is 12.1 Å². The molecule has 0 aliphatic heterocycles. The summed E-state index contributed by atoms with van der Waals surface area (Å²) in [5, 5.41) is 13.3. The number of carboxylic acid groups (broad SMARTS) is 1. The van der Waals surface area contributed by atoms with E-state index >= 15 is 0 Å². The van der Waals surface area contributed by atoms with Crippen LogP contribution in [0.4, 0.5) is 0 Å². The first-order valence-electron chi connectivity index (χ1n) is 4.87. The number of hydrogen-bond acceptors (Lipinski definition) is 3. The van der Waals surface area contributed by atoms with E-state index in [-0.39, 0.29) is 11.9 Å². The molecule has 1 aliphatic rings. The van der Waals surface area contributed by atoms with Crippen LogP contribution in [-0.4, -0.2) is 29.3 Å². The molecular weight excluding hydrogens is 214 g/mol. The highest BCUT2D eigenvalue weighted by atomic mass is 32.2. The molecule has 1 aliphatic carbocycles. The fraction of sp³-hybridized carbons (Fsp3) is 0.600. The highest BCUT2D eigenvalue weighted by Gasteiger charge is 2.33. The van der Waals surface area contributed by atoms with Crippen molar-refractivity contribution < 1.29 is 14.7 Å². The molecule has 84 valence electrons. The number of carbonyl (C=O) groups excluding carboxylic acids is 1. The zero-order valence-corrected chi connectivity index (χ0v) is 9.42. The molecule has 1 fully saturated rings. The molecule has 0 radical (unpaired) electrons. The normalized spacial score (nSPS) is 25.7. The van der Waals surface area contributed by atoms with Crippen molar-refractivity contribution in [3.05, 3.63) is 11.5 Å². The van der Waals surface area contributed by atoms with Gasteiger partial charge < -0.3 is 10.4 Å². The molecule has 0 heterocycles. The van der Waals surface area contributed by atoms with Crippen molar-refractivity contribution in [2.75, 3.05) is 6.26 Å². The van der Waals surface area contributed by atoms with Crippen LogP contribution in [0.1, 0.15) is 19.3 Å². The van der Waals surface area contributed by atoms with Crippen LogP contribution in [0.3, 0.4) is 0 Å². The van der Waals surface area contributed by atoms with Crippen LogP contribution in [0.25, 0.3) is 0 Å². The summed E-state index contributed by atoms with van der Waals surface area (Å²) in [4.78, 5) is 22.2. The number of rotatable bonds is 4. The van der Waals surface area contributed by atoms with Gasteiger partial charge in [-0.1, -0.05) is 6.42 Å². The zero-order valence-electron chi connectivity index (χ0n) is 8.60. The monoisotopic (exact) mass is 229 g/mol. The van der Waals surface area contributed by atoms with Crippen molar-refractivity contribution in [3.8, 4) is 0 Å². The van der Waals surface area contributed by atoms with E-state index in [0.717, 1.165) is 12.8 Å². The third kappa shape index (κ3) is 3.58. The van der Waals surface area contributed by atoms with E-state index in [1.54, 1.807) is 5.41 Å². The van der Waals surface area contributed by atoms with Gasteiger partial charge in [-0.2, -0.15) is 0 Å². The van der Waals surface area contributed by atoms with Crippen LogP contribution in [-0.2, 0) is 9.59 Å². The van der Waals surface area contributed by atoms with Gasteiger partial charge in [0.2, 0.25) is 5.91 Å². The number of nitrogens with one attached hydrogen (secondary N) is 1.